The number of pyridine rings is 1. The Labute approximate surface area is 248 Å². The molecule has 2 heterocycles. The molecule has 0 N–H and O–H groups in total. The average molecular weight is 659 g/mol. The van der Waals surface area contributed by atoms with Gasteiger partial charge in [-0.3, -0.25) is 9.20 Å². The summed E-state index contributed by atoms with van der Waals surface area (Å²) in [6, 6.07) is 20.9. The Morgan fingerprint density at radius 3 is 2.41 bits per heavy atom. The van der Waals surface area contributed by atoms with Crippen molar-refractivity contribution < 1.29 is 22.7 Å². The fourth-order valence-corrected chi connectivity index (χ4v) is 7.38. The molecule has 41 heavy (non-hydrogen) atoms. The predicted molar refractivity (Wildman–Crippen MR) is 165 cm³/mol. The van der Waals surface area contributed by atoms with Crippen LogP contribution in [0.25, 0.3) is 26.7 Å². The summed E-state index contributed by atoms with van der Waals surface area (Å²) in [5.74, 6) is -0.653. The minimum Gasteiger partial charge on any atom is -0.461 e. The van der Waals surface area contributed by atoms with E-state index in [1.807, 2.05) is 42.5 Å². The molecule has 0 radical (unpaired) electrons. The van der Waals surface area contributed by atoms with E-state index in [4.69, 9.17) is 4.74 Å². The fraction of sp³-hybridized carbons (Fsp3) is 0.226. The minimum absolute atomic E-state index is 0.0375. The van der Waals surface area contributed by atoms with Crippen molar-refractivity contribution in [2.75, 3.05) is 6.61 Å². The van der Waals surface area contributed by atoms with Crippen LogP contribution in [0, 0.1) is 0 Å². The average Bonchev–Trinajstić information content (AvgIpc) is 3.25. The van der Waals surface area contributed by atoms with Crippen molar-refractivity contribution in [1.82, 2.24) is 4.40 Å². The number of alkyl halides is 3. The van der Waals surface area contributed by atoms with Crippen LogP contribution in [0.5, 0.6) is 0 Å². The summed E-state index contributed by atoms with van der Waals surface area (Å²) >= 11 is 4.57. The first-order chi connectivity index (χ1) is 19.3. The van der Waals surface area contributed by atoms with Crippen LogP contribution in [0.15, 0.2) is 81.4 Å². The number of hydrogen-bond acceptors (Lipinski definition) is 4. The maximum absolute atomic E-state index is 13.7. The molecule has 4 nitrogen and oxygen atoms in total. The van der Waals surface area contributed by atoms with E-state index in [-0.39, 0.29) is 12.3 Å². The van der Waals surface area contributed by atoms with Crippen LogP contribution in [-0.2, 0) is 17.3 Å². The van der Waals surface area contributed by atoms with Crippen molar-refractivity contribution in [2.45, 2.75) is 38.3 Å². The standard InChI is InChI=1S/C31H27BrF3NO3SSi/c1-41(2,3)15-14-39-30(38)27-28(32)40-29-26(21-11-7-12-23(17-21)31(33,34)35)22(18-25(37)36(27)29)16-20-10-6-9-19-8-4-5-13-24(19)20/h4-13,17-18H,14-16H2,1-3H3. The topological polar surface area (TPSA) is 47.8 Å². The third kappa shape index (κ3) is 6.19. The lowest BCUT2D eigenvalue weighted by Gasteiger charge is -2.16. The second kappa shape index (κ2) is 11.2. The molecule has 0 spiro atoms. The normalized spacial score (nSPS) is 12.3. The monoisotopic (exact) mass is 657 g/mol. The lowest BCUT2D eigenvalue weighted by atomic mass is 9.93. The van der Waals surface area contributed by atoms with E-state index in [0.717, 1.165) is 45.8 Å². The first kappa shape index (κ1) is 29.3. The summed E-state index contributed by atoms with van der Waals surface area (Å²) in [6.45, 7) is 6.73. The van der Waals surface area contributed by atoms with Gasteiger partial charge in [0.15, 0.2) is 5.69 Å². The van der Waals surface area contributed by atoms with Gasteiger partial charge in [0.1, 0.15) is 8.62 Å². The SMILES string of the molecule is C[Si](C)(C)CCOC(=O)c1c(Br)sc2c(-c3cccc(C(F)(F)F)c3)c(Cc3cccc4ccccc34)cc(=O)n12. The second-order valence-corrected chi connectivity index (χ2v) is 19.0. The van der Waals surface area contributed by atoms with Gasteiger partial charge in [-0.25, -0.2) is 4.79 Å². The number of thiazole rings is 1. The van der Waals surface area contributed by atoms with Crippen LogP contribution < -0.4 is 5.56 Å². The minimum atomic E-state index is -4.54. The summed E-state index contributed by atoms with van der Waals surface area (Å²) in [5.41, 5.74) is 1.06. The van der Waals surface area contributed by atoms with Gasteiger partial charge in [0, 0.05) is 19.7 Å². The largest absolute Gasteiger partial charge is 0.461 e. The lowest BCUT2D eigenvalue weighted by molar-refractivity contribution is -0.137. The maximum Gasteiger partial charge on any atom is 0.416 e. The van der Waals surface area contributed by atoms with Gasteiger partial charge in [0.2, 0.25) is 0 Å². The zero-order valence-corrected chi connectivity index (χ0v) is 26.0. The van der Waals surface area contributed by atoms with Gasteiger partial charge < -0.3 is 4.74 Å². The van der Waals surface area contributed by atoms with Crippen molar-refractivity contribution in [3.05, 3.63) is 109 Å². The number of halogens is 4. The molecule has 5 aromatic rings. The first-order valence-electron chi connectivity index (χ1n) is 13.0. The van der Waals surface area contributed by atoms with Gasteiger partial charge >= 0.3 is 12.1 Å². The highest BCUT2D eigenvalue weighted by molar-refractivity contribution is 9.11. The molecular weight excluding hydrogens is 631 g/mol. The molecule has 3 aromatic carbocycles. The predicted octanol–water partition coefficient (Wildman–Crippen LogP) is 9.05. The van der Waals surface area contributed by atoms with Crippen molar-refractivity contribution in [1.29, 1.82) is 0 Å². The molecule has 0 aliphatic rings. The number of nitrogens with zero attached hydrogens (tertiary/aromatic N) is 1. The number of esters is 1. The molecule has 0 saturated heterocycles. The van der Waals surface area contributed by atoms with E-state index in [0.29, 0.717) is 31.7 Å². The smallest absolute Gasteiger partial charge is 0.416 e. The summed E-state index contributed by atoms with van der Waals surface area (Å²) in [5, 5.41) is 2.01. The molecule has 0 saturated carbocycles. The Balaban J connectivity index is 1.72. The Kier molecular flexibility index (Phi) is 8.02. The number of carbonyl (C=O) groups excluding carboxylic acids is 1. The van der Waals surface area contributed by atoms with Gasteiger partial charge in [-0.2, -0.15) is 13.2 Å². The van der Waals surface area contributed by atoms with Crippen molar-refractivity contribution in [3.63, 3.8) is 0 Å². The fourth-order valence-electron chi connectivity index (χ4n) is 4.81. The van der Waals surface area contributed by atoms with Crippen molar-refractivity contribution >= 4 is 56.9 Å². The number of aromatic nitrogens is 1. The molecule has 5 rings (SSSR count). The molecular formula is C31H27BrF3NO3SSi. The molecule has 0 aliphatic carbocycles. The molecule has 0 aliphatic heterocycles. The van der Waals surface area contributed by atoms with E-state index in [9.17, 15) is 22.8 Å². The summed E-state index contributed by atoms with van der Waals surface area (Å²) in [4.78, 5) is 27.2. The van der Waals surface area contributed by atoms with Crippen LogP contribution in [0.4, 0.5) is 13.2 Å². The number of ether oxygens (including phenoxy) is 1. The number of fused-ring (bicyclic) bond motifs is 2. The zero-order valence-electron chi connectivity index (χ0n) is 22.6. The molecule has 212 valence electrons. The van der Waals surface area contributed by atoms with Gasteiger partial charge in [0.05, 0.1) is 12.2 Å². The van der Waals surface area contributed by atoms with E-state index >= 15 is 0 Å². The Morgan fingerprint density at radius 1 is 0.976 bits per heavy atom. The van der Waals surface area contributed by atoms with E-state index in [1.54, 1.807) is 6.07 Å². The quantitative estimate of drug-likeness (QED) is 0.130. The first-order valence-corrected chi connectivity index (χ1v) is 18.3. The number of carbonyl (C=O) groups is 1. The van der Waals surface area contributed by atoms with Crippen LogP contribution in [0.3, 0.4) is 0 Å². The van der Waals surface area contributed by atoms with Crippen LogP contribution in [0.2, 0.25) is 25.7 Å². The highest BCUT2D eigenvalue weighted by Gasteiger charge is 2.31. The van der Waals surface area contributed by atoms with E-state index in [1.165, 1.54) is 16.5 Å². The highest BCUT2D eigenvalue weighted by Crippen LogP contribution is 2.40. The maximum atomic E-state index is 13.7. The molecule has 0 fully saturated rings. The Bertz CT molecular complexity index is 1830. The van der Waals surface area contributed by atoms with Crippen LogP contribution in [-0.4, -0.2) is 25.1 Å². The molecule has 2 aromatic heterocycles. The van der Waals surface area contributed by atoms with Crippen molar-refractivity contribution in [2.24, 2.45) is 0 Å². The van der Waals surface area contributed by atoms with Gasteiger partial charge in [-0.1, -0.05) is 74.2 Å². The van der Waals surface area contributed by atoms with Crippen LogP contribution >= 0.6 is 27.3 Å². The second-order valence-electron chi connectivity index (χ2n) is 11.1. The highest BCUT2D eigenvalue weighted by atomic mass is 79.9. The third-order valence-corrected chi connectivity index (χ3v) is 10.4. The van der Waals surface area contributed by atoms with Gasteiger partial charge in [-0.05, 0) is 68.0 Å². The number of hydrogen-bond donors (Lipinski definition) is 0. The number of benzene rings is 3. The van der Waals surface area contributed by atoms with Gasteiger partial charge in [-0.15, -0.1) is 11.3 Å². The lowest BCUT2D eigenvalue weighted by Crippen LogP contribution is -2.24. The molecule has 10 heteroatoms. The zero-order chi connectivity index (χ0) is 29.5. The molecule has 0 unspecified atom stereocenters. The van der Waals surface area contributed by atoms with Gasteiger partial charge in [0.25, 0.3) is 5.56 Å². The molecule has 0 amide bonds. The Hall–Kier alpha value is -3.21. The Morgan fingerprint density at radius 2 is 1.68 bits per heavy atom. The molecule has 0 bridgehead atoms. The van der Waals surface area contributed by atoms with E-state index in [2.05, 4.69) is 35.6 Å². The summed E-state index contributed by atoms with van der Waals surface area (Å²) in [6.07, 6.45) is -4.23. The third-order valence-electron chi connectivity index (χ3n) is 6.87. The number of rotatable bonds is 7. The van der Waals surface area contributed by atoms with Crippen LogP contribution in [0.1, 0.15) is 27.2 Å². The van der Waals surface area contributed by atoms with E-state index < -0.39 is 31.3 Å². The summed E-state index contributed by atoms with van der Waals surface area (Å²) < 4.78 is 48.4. The summed E-state index contributed by atoms with van der Waals surface area (Å²) in [7, 11) is -1.47. The molecule has 0 atom stereocenters. The van der Waals surface area contributed by atoms with Crippen molar-refractivity contribution in [3.8, 4) is 11.1 Å².